The van der Waals surface area contributed by atoms with Crippen LogP contribution in [0, 0.1) is 5.92 Å². The first-order valence-corrected chi connectivity index (χ1v) is 8.87. The number of benzene rings is 1. The molecule has 2 amide bonds. The van der Waals surface area contributed by atoms with Crippen LogP contribution in [-0.2, 0) is 11.3 Å². The molecule has 0 spiro atoms. The Balaban J connectivity index is 1.66. The minimum absolute atomic E-state index is 0.0319. The Morgan fingerprint density at radius 3 is 2.62 bits per heavy atom. The first kappa shape index (κ1) is 17.0. The molecule has 0 radical (unpaired) electrons. The van der Waals surface area contributed by atoms with Crippen LogP contribution in [-0.4, -0.2) is 52.5 Å². The van der Waals surface area contributed by atoms with Gasteiger partial charge in [-0.15, -0.1) is 0 Å². The van der Waals surface area contributed by atoms with Gasteiger partial charge >= 0.3 is 0 Å². The summed E-state index contributed by atoms with van der Waals surface area (Å²) in [5.41, 5.74) is 1.73. The van der Waals surface area contributed by atoms with Crippen LogP contribution in [0.4, 0.5) is 0 Å². The van der Waals surface area contributed by atoms with Gasteiger partial charge in [0.05, 0.1) is 0 Å². The minimum atomic E-state index is 0.0319. The zero-order valence-electron chi connectivity index (χ0n) is 14.3. The van der Waals surface area contributed by atoms with Crippen molar-refractivity contribution in [2.75, 3.05) is 19.7 Å². The van der Waals surface area contributed by atoms with Gasteiger partial charge in [0.1, 0.15) is 0 Å². The molecule has 0 aromatic heterocycles. The maximum Gasteiger partial charge on any atom is 0.254 e. The lowest BCUT2D eigenvalue weighted by Crippen LogP contribution is -2.46. The number of piperidine rings is 1. The fraction of sp³-hybridized carbons (Fsp3) is 0.579. The summed E-state index contributed by atoms with van der Waals surface area (Å²) in [6, 6.07) is 7.80. The summed E-state index contributed by atoms with van der Waals surface area (Å²) in [6.07, 6.45) is 3.50. The summed E-state index contributed by atoms with van der Waals surface area (Å²) in [5, 5.41) is 9.37. The van der Waals surface area contributed by atoms with Crippen LogP contribution in [0.2, 0.25) is 0 Å². The van der Waals surface area contributed by atoms with E-state index < -0.39 is 0 Å². The Morgan fingerprint density at radius 2 is 2.00 bits per heavy atom. The van der Waals surface area contributed by atoms with E-state index in [2.05, 4.69) is 6.92 Å². The molecule has 0 bridgehead atoms. The van der Waals surface area contributed by atoms with Gasteiger partial charge in [-0.05, 0) is 49.8 Å². The maximum absolute atomic E-state index is 12.8. The molecule has 130 valence electrons. The number of hydrogen-bond acceptors (Lipinski definition) is 3. The van der Waals surface area contributed by atoms with Gasteiger partial charge in [0.15, 0.2) is 0 Å². The lowest BCUT2D eigenvalue weighted by molar-refractivity contribution is -0.128. The molecule has 5 nitrogen and oxygen atoms in total. The SMILES string of the molecule is CC1CCC(CO)CN1C(=O)c1ccc(CN2CCCC2=O)cc1. The highest BCUT2D eigenvalue weighted by Crippen LogP contribution is 2.24. The van der Waals surface area contributed by atoms with Crippen molar-refractivity contribution < 1.29 is 14.7 Å². The first-order valence-electron chi connectivity index (χ1n) is 8.87. The normalized spacial score (nSPS) is 24.5. The molecule has 24 heavy (non-hydrogen) atoms. The Kier molecular flexibility index (Phi) is 5.19. The molecule has 2 aliphatic rings. The van der Waals surface area contributed by atoms with E-state index in [9.17, 15) is 14.7 Å². The van der Waals surface area contributed by atoms with Gasteiger partial charge in [-0.1, -0.05) is 12.1 Å². The lowest BCUT2D eigenvalue weighted by atomic mass is 9.93. The molecule has 5 heteroatoms. The number of likely N-dealkylation sites (tertiary alicyclic amines) is 2. The second kappa shape index (κ2) is 7.34. The van der Waals surface area contributed by atoms with Crippen molar-refractivity contribution in [3.05, 3.63) is 35.4 Å². The number of nitrogens with zero attached hydrogens (tertiary/aromatic N) is 2. The minimum Gasteiger partial charge on any atom is -0.396 e. The van der Waals surface area contributed by atoms with Crippen LogP contribution in [0.1, 0.15) is 48.5 Å². The number of hydrogen-bond donors (Lipinski definition) is 1. The number of amides is 2. The topological polar surface area (TPSA) is 60.9 Å². The van der Waals surface area contributed by atoms with Gasteiger partial charge in [0, 0.05) is 44.3 Å². The van der Waals surface area contributed by atoms with Crippen LogP contribution in [0.3, 0.4) is 0 Å². The van der Waals surface area contributed by atoms with Crippen LogP contribution in [0.15, 0.2) is 24.3 Å². The summed E-state index contributed by atoms with van der Waals surface area (Å²) in [6.45, 7) is 4.28. The van der Waals surface area contributed by atoms with E-state index in [1.807, 2.05) is 34.1 Å². The number of aliphatic hydroxyl groups excluding tert-OH is 1. The zero-order valence-corrected chi connectivity index (χ0v) is 14.3. The van der Waals surface area contributed by atoms with Crippen molar-refractivity contribution in [3.63, 3.8) is 0 Å². The highest BCUT2D eigenvalue weighted by molar-refractivity contribution is 5.94. The molecule has 2 fully saturated rings. The summed E-state index contributed by atoms with van der Waals surface area (Å²) in [7, 11) is 0. The van der Waals surface area contributed by atoms with Crippen LogP contribution in [0.25, 0.3) is 0 Å². The van der Waals surface area contributed by atoms with Crippen LogP contribution < -0.4 is 0 Å². The molecular formula is C19H26N2O3. The zero-order chi connectivity index (χ0) is 17.1. The predicted octanol–water partition coefficient (Wildman–Crippen LogP) is 2.04. The standard InChI is InChI=1S/C19H26N2O3/c1-14-4-5-16(13-22)12-21(14)19(24)17-8-6-15(7-9-17)11-20-10-2-3-18(20)23/h6-9,14,16,22H,2-5,10-13H2,1H3. The largest absolute Gasteiger partial charge is 0.396 e. The van der Waals surface area contributed by atoms with Crippen LogP contribution >= 0.6 is 0 Å². The van der Waals surface area contributed by atoms with E-state index in [0.29, 0.717) is 25.1 Å². The molecule has 2 saturated heterocycles. The molecule has 2 unspecified atom stereocenters. The fourth-order valence-corrected chi connectivity index (χ4v) is 3.62. The number of carbonyl (C=O) groups excluding carboxylic acids is 2. The molecule has 0 aliphatic carbocycles. The molecular weight excluding hydrogens is 304 g/mol. The molecule has 3 rings (SSSR count). The average molecular weight is 330 g/mol. The summed E-state index contributed by atoms with van der Waals surface area (Å²) < 4.78 is 0. The molecule has 2 atom stereocenters. The molecule has 1 aromatic rings. The number of carbonyl (C=O) groups is 2. The van der Waals surface area contributed by atoms with Crippen molar-refractivity contribution in [2.45, 2.75) is 45.2 Å². The molecule has 1 aromatic carbocycles. The van der Waals surface area contributed by atoms with Gasteiger partial charge in [-0.2, -0.15) is 0 Å². The van der Waals surface area contributed by atoms with E-state index in [1.54, 1.807) is 0 Å². The van der Waals surface area contributed by atoms with Crippen molar-refractivity contribution >= 4 is 11.8 Å². The van der Waals surface area contributed by atoms with E-state index in [0.717, 1.165) is 31.4 Å². The van der Waals surface area contributed by atoms with Crippen molar-refractivity contribution in [1.82, 2.24) is 9.80 Å². The van der Waals surface area contributed by atoms with Gasteiger partial charge in [0.25, 0.3) is 5.91 Å². The quantitative estimate of drug-likeness (QED) is 0.919. The van der Waals surface area contributed by atoms with E-state index in [4.69, 9.17) is 0 Å². The fourth-order valence-electron chi connectivity index (χ4n) is 3.62. The summed E-state index contributed by atoms with van der Waals surface area (Å²) >= 11 is 0. The monoisotopic (exact) mass is 330 g/mol. The third-order valence-electron chi connectivity index (χ3n) is 5.24. The molecule has 2 aliphatic heterocycles. The second-order valence-corrected chi connectivity index (χ2v) is 7.05. The predicted molar refractivity (Wildman–Crippen MR) is 91.4 cm³/mol. The average Bonchev–Trinajstić information content (AvgIpc) is 3.00. The van der Waals surface area contributed by atoms with Gasteiger partial charge in [0.2, 0.25) is 5.91 Å². The summed E-state index contributed by atoms with van der Waals surface area (Å²) in [5.74, 6) is 0.433. The third kappa shape index (κ3) is 3.61. The van der Waals surface area contributed by atoms with Gasteiger partial charge in [-0.3, -0.25) is 9.59 Å². The van der Waals surface area contributed by atoms with Crippen molar-refractivity contribution in [2.24, 2.45) is 5.92 Å². The van der Waals surface area contributed by atoms with Gasteiger partial charge < -0.3 is 14.9 Å². The second-order valence-electron chi connectivity index (χ2n) is 7.05. The van der Waals surface area contributed by atoms with E-state index >= 15 is 0 Å². The smallest absolute Gasteiger partial charge is 0.254 e. The molecule has 2 heterocycles. The first-order chi connectivity index (χ1) is 11.6. The summed E-state index contributed by atoms with van der Waals surface area (Å²) in [4.78, 5) is 28.2. The number of aliphatic hydroxyl groups is 1. The van der Waals surface area contributed by atoms with Crippen molar-refractivity contribution in [1.29, 1.82) is 0 Å². The van der Waals surface area contributed by atoms with E-state index in [-0.39, 0.29) is 30.4 Å². The molecule has 1 N–H and O–H groups in total. The van der Waals surface area contributed by atoms with Crippen molar-refractivity contribution in [3.8, 4) is 0 Å². The highest BCUT2D eigenvalue weighted by atomic mass is 16.3. The Morgan fingerprint density at radius 1 is 1.25 bits per heavy atom. The maximum atomic E-state index is 12.8. The highest BCUT2D eigenvalue weighted by Gasteiger charge is 2.29. The van der Waals surface area contributed by atoms with Crippen LogP contribution in [0.5, 0.6) is 0 Å². The Labute approximate surface area is 143 Å². The van der Waals surface area contributed by atoms with E-state index in [1.165, 1.54) is 0 Å². The third-order valence-corrected chi connectivity index (χ3v) is 5.24. The van der Waals surface area contributed by atoms with Gasteiger partial charge in [-0.25, -0.2) is 0 Å². The number of rotatable bonds is 4. The Bertz CT molecular complexity index is 599. The Hall–Kier alpha value is -1.88. The lowest BCUT2D eigenvalue weighted by Gasteiger charge is -2.37. The molecule has 0 saturated carbocycles.